The average Bonchev–Trinajstić information content (AvgIpc) is 2.97. The summed E-state index contributed by atoms with van der Waals surface area (Å²) in [5.74, 6) is -3.16. The minimum atomic E-state index is -5.13. The molecule has 1 heterocycles. The van der Waals surface area contributed by atoms with Gasteiger partial charge in [-0.3, -0.25) is 9.59 Å². The molecule has 0 aliphatic carbocycles. The van der Waals surface area contributed by atoms with Crippen LogP contribution in [0.2, 0.25) is 0 Å². The van der Waals surface area contributed by atoms with E-state index in [1.54, 1.807) is 18.2 Å². The van der Waals surface area contributed by atoms with E-state index in [-0.39, 0.29) is 12.1 Å². The quantitative estimate of drug-likeness (QED) is 0.791. The largest absolute Gasteiger partial charge is 0.481 e. The van der Waals surface area contributed by atoms with Crippen LogP contribution in [0.25, 0.3) is 10.2 Å². The maximum Gasteiger partial charge on any atom is 0.424 e. The summed E-state index contributed by atoms with van der Waals surface area (Å²) in [4.78, 5) is 27.7. The molecule has 1 aromatic heterocycles. The Morgan fingerprint density at radius 2 is 1.92 bits per heavy atom. The first-order valence-corrected chi connectivity index (χ1v) is 8.39. The zero-order valence-corrected chi connectivity index (χ0v) is 14.8. The molecule has 1 amide bonds. The first-order valence-electron chi connectivity index (χ1n) is 7.57. The molecular formula is C16H17F3N2O4S. The number of amides is 1. The first-order chi connectivity index (χ1) is 12.0. The van der Waals surface area contributed by atoms with Gasteiger partial charge in [-0.15, -0.1) is 11.3 Å². The number of aliphatic hydroxyl groups is 1. The Morgan fingerprint density at radius 3 is 2.46 bits per heavy atom. The minimum Gasteiger partial charge on any atom is -0.481 e. The van der Waals surface area contributed by atoms with E-state index in [1.165, 1.54) is 20.0 Å². The molecule has 0 saturated carbocycles. The maximum absolute atomic E-state index is 13.6. The van der Waals surface area contributed by atoms with Crippen LogP contribution >= 0.6 is 11.3 Å². The van der Waals surface area contributed by atoms with Crippen molar-refractivity contribution in [2.45, 2.75) is 25.1 Å². The molecule has 2 unspecified atom stereocenters. The molecule has 0 aliphatic heterocycles. The molecule has 142 valence electrons. The van der Waals surface area contributed by atoms with Crippen molar-refractivity contribution in [1.82, 2.24) is 9.88 Å². The van der Waals surface area contributed by atoms with Crippen LogP contribution in [-0.2, 0) is 15.2 Å². The molecule has 10 heteroatoms. The number of aromatic nitrogens is 1. The molecule has 0 bridgehead atoms. The minimum absolute atomic E-state index is 0.276. The lowest BCUT2D eigenvalue weighted by Crippen LogP contribution is -2.47. The molecule has 2 atom stereocenters. The molecule has 1 aromatic carbocycles. The molecule has 0 fully saturated rings. The fraction of sp³-hybridized carbons (Fsp3) is 0.438. The van der Waals surface area contributed by atoms with Crippen molar-refractivity contribution >= 4 is 33.4 Å². The highest BCUT2D eigenvalue weighted by atomic mass is 32.1. The predicted molar refractivity (Wildman–Crippen MR) is 88.6 cm³/mol. The standard InChI is InChI=1S/C16H17F3N2O4S/c1-9(13(23)24)8-21(2)12(22)7-15(25,16(17,18)19)14-20-10-5-3-4-6-11(10)26-14/h3-6,9,25H,7-8H2,1-2H3,(H,23,24). The Bertz CT molecular complexity index is 790. The van der Waals surface area contributed by atoms with Gasteiger partial charge in [-0.1, -0.05) is 19.1 Å². The molecule has 0 radical (unpaired) electrons. The van der Waals surface area contributed by atoms with Gasteiger partial charge >= 0.3 is 12.1 Å². The van der Waals surface area contributed by atoms with E-state index in [0.29, 0.717) is 16.0 Å². The fourth-order valence-electron chi connectivity index (χ4n) is 2.29. The van der Waals surface area contributed by atoms with Gasteiger partial charge in [0.1, 0.15) is 5.01 Å². The summed E-state index contributed by atoms with van der Waals surface area (Å²) in [5.41, 5.74) is -3.16. The van der Waals surface area contributed by atoms with E-state index in [0.717, 1.165) is 4.90 Å². The lowest BCUT2D eigenvalue weighted by Gasteiger charge is -2.30. The highest BCUT2D eigenvalue weighted by molar-refractivity contribution is 7.18. The number of hydrogen-bond acceptors (Lipinski definition) is 5. The van der Waals surface area contributed by atoms with Crippen molar-refractivity contribution in [3.05, 3.63) is 29.3 Å². The highest BCUT2D eigenvalue weighted by Crippen LogP contribution is 2.44. The molecule has 2 N–H and O–H groups in total. The van der Waals surface area contributed by atoms with Gasteiger partial charge in [-0.2, -0.15) is 13.2 Å². The zero-order chi connectivity index (χ0) is 19.7. The molecule has 26 heavy (non-hydrogen) atoms. The highest BCUT2D eigenvalue weighted by Gasteiger charge is 2.58. The SMILES string of the molecule is CC(CN(C)C(=O)CC(O)(c1nc2ccccc2s1)C(F)(F)F)C(=O)O. The van der Waals surface area contributed by atoms with Gasteiger partial charge in [-0.25, -0.2) is 4.98 Å². The number of nitrogens with zero attached hydrogens (tertiary/aromatic N) is 2. The number of carbonyl (C=O) groups excluding carboxylic acids is 1. The number of rotatable bonds is 6. The monoisotopic (exact) mass is 390 g/mol. The van der Waals surface area contributed by atoms with Gasteiger partial charge in [0.2, 0.25) is 11.5 Å². The van der Waals surface area contributed by atoms with Crippen molar-refractivity contribution in [3.63, 3.8) is 0 Å². The van der Waals surface area contributed by atoms with Gasteiger partial charge in [0.25, 0.3) is 0 Å². The molecule has 0 spiro atoms. The van der Waals surface area contributed by atoms with Crippen molar-refractivity contribution in [2.75, 3.05) is 13.6 Å². The van der Waals surface area contributed by atoms with Gasteiger partial charge < -0.3 is 15.1 Å². The number of hydrogen-bond donors (Lipinski definition) is 2. The maximum atomic E-state index is 13.6. The van der Waals surface area contributed by atoms with Gasteiger partial charge in [0.05, 0.1) is 22.6 Å². The van der Waals surface area contributed by atoms with E-state index in [2.05, 4.69) is 4.98 Å². The number of aliphatic carboxylic acids is 1. The predicted octanol–water partition coefficient (Wildman–Crippen LogP) is 2.62. The van der Waals surface area contributed by atoms with Gasteiger partial charge in [-0.05, 0) is 12.1 Å². The summed E-state index contributed by atoms with van der Waals surface area (Å²) >= 11 is 0.658. The second kappa shape index (κ2) is 7.20. The number of carboxylic acids is 1. The number of fused-ring (bicyclic) bond motifs is 1. The summed E-state index contributed by atoms with van der Waals surface area (Å²) in [6, 6.07) is 6.30. The van der Waals surface area contributed by atoms with Crippen molar-refractivity contribution < 1.29 is 33.0 Å². The summed E-state index contributed by atoms with van der Waals surface area (Å²) < 4.78 is 41.2. The average molecular weight is 390 g/mol. The Labute approximate surface area is 150 Å². The van der Waals surface area contributed by atoms with Crippen LogP contribution in [0.5, 0.6) is 0 Å². The van der Waals surface area contributed by atoms with Crippen LogP contribution in [-0.4, -0.2) is 51.7 Å². The molecule has 6 nitrogen and oxygen atoms in total. The summed E-state index contributed by atoms with van der Waals surface area (Å²) in [7, 11) is 1.19. The topological polar surface area (TPSA) is 90.7 Å². The Balaban J connectivity index is 2.32. The number of carboxylic acid groups (broad SMARTS) is 1. The van der Waals surface area contributed by atoms with Gasteiger partial charge in [0, 0.05) is 13.6 Å². The Morgan fingerprint density at radius 1 is 1.31 bits per heavy atom. The van der Waals surface area contributed by atoms with Crippen molar-refractivity contribution in [2.24, 2.45) is 5.92 Å². The molecular weight excluding hydrogens is 373 g/mol. The summed E-state index contributed by atoms with van der Waals surface area (Å²) in [6.45, 7) is 1.05. The number of para-hydroxylation sites is 1. The summed E-state index contributed by atoms with van der Waals surface area (Å²) in [6.07, 6.45) is -6.41. The second-order valence-electron chi connectivity index (χ2n) is 6.04. The second-order valence-corrected chi connectivity index (χ2v) is 7.07. The normalized spacial score (nSPS) is 15.5. The Hall–Kier alpha value is -2.20. The van der Waals surface area contributed by atoms with E-state index >= 15 is 0 Å². The van der Waals surface area contributed by atoms with E-state index in [1.807, 2.05) is 0 Å². The van der Waals surface area contributed by atoms with Crippen molar-refractivity contribution in [1.29, 1.82) is 0 Å². The van der Waals surface area contributed by atoms with E-state index in [9.17, 15) is 27.9 Å². The third-order valence-electron chi connectivity index (χ3n) is 3.92. The van der Waals surface area contributed by atoms with E-state index < -0.39 is 41.0 Å². The number of alkyl halides is 3. The third-order valence-corrected chi connectivity index (χ3v) is 5.11. The van der Waals surface area contributed by atoms with Crippen LogP contribution < -0.4 is 0 Å². The van der Waals surface area contributed by atoms with E-state index in [4.69, 9.17) is 5.11 Å². The Kier molecular flexibility index (Phi) is 5.57. The van der Waals surface area contributed by atoms with Crippen LogP contribution in [0.3, 0.4) is 0 Å². The van der Waals surface area contributed by atoms with Crippen LogP contribution in [0.15, 0.2) is 24.3 Å². The smallest absolute Gasteiger partial charge is 0.424 e. The lowest BCUT2D eigenvalue weighted by atomic mass is 9.98. The first kappa shape index (κ1) is 20.1. The number of carbonyl (C=O) groups is 2. The summed E-state index contributed by atoms with van der Waals surface area (Å²) in [5, 5.41) is 18.6. The van der Waals surface area contributed by atoms with Crippen molar-refractivity contribution in [3.8, 4) is 0 Å². The van der Waals surface area contributed by atoms with Crippen LogP contribution in [0.4, 0.5) is 13.2 Å². The molecule has 2 aromatic rings. The molecule has 0 saturated heterocycles. The van der Waals surface area contributed by atoms with Crippen LogP contribution in [0, 0.1) is 5.92 Å². The lowest BCUT2D eigenvalue weighted by molar-refractivity contribution is -0.268. The van der Waals surface area contributed by atoms with Gasteiger partial charge in [0.15, 0.2) is 0 Å². The number of halogens is 3. The van der Waals surface area contributed by atoms with Crippen LogP contribution in [0.1, 0.15) is 18.4 Å². The molecule has 2 rings (SSSR count). The molecule has 0 aliphatic rings. The third kappa shape index (κ3) is 3.96. The fourth-order valence-corrected chi connectivity index (χ4v) is 3.36. The number of thiazole rings is 1. The number of benzene rings is 1. The zero-order valence-electron chi connectivity index (χ0n) is 13.9.